The van der Waals surface area contributed by atoms with E-state index in [1.807, 2.05) is 19.3 Å². The molecule has 1 aromatic rings. The lowest BCUT2D eigenvalue weighted by atomic mass is 10.2. The molecule has 1 fully saturated rings. The minimum Gasteiger partial charge on any atom is -0.356 e. The maximum absolute atomic E-state index is 4.40. The van der Waals surface area contributed by atoms with Gasteiger partial charge in [0.05, 0.1) is 12.2 Å². The Kier molecular flexibility index (Phi) is 11.0. The van der Waals surface area contributed by atoms with Crippen molar-refractivity contribution in [3.63, 3.8) is 0 Å². The highest BCUT2D eigenvalue weighted by molar-refractivity contribution is 14.0. The van der Waals surface area contributed by atoms with Crippen LogP contribution >= 0.6 is 24.0 Å². The first-order valence-electron chi connectivity index (χ1n) is 8.87. The van der Waals surface area contributed by atoms with E-state index in [1.54, 1.807) is 0 Å². The van der Waals surface area contributed by atoms with Crippen molar-refractivity contribution < 1.29 is 0 Å². The lowest BCUT2D eigenvalue weighted by Crippen LogP contribution is -2.38. The van der Waals surface area contributed by atoms with Gasteiger partial charge < -0.3 is 15.5 Å². The number of nitrogens with zero attached hydrogens (tertiary/aromatic N) is 3. The Morgan fingerprint density at radius 3 is 2.62 bits per heavy atom. The van der Waals surface area contributed by atoms with Gasteiger partial charge in [-0.1, -0.05) is 18.9 Å². The number of halogens is 1. The van der Waals surface area contributed by atoms with E-state index < -0.39 is 0 Å². The molecular weight excluding hydrogens is 413 g/mol. The van der Waals surface area contributed by atoms with Crippen molar-refractivity contribution in [2.24, 2.45) is 4.99 Å². The molecule has 0 unspecified atom stereocenters. The van der Waals surface area contributed by atoms with E-state index >= 15 is 0 Å². The van der Waals surface area contributed by atoms with Crippen LogP contribution in [-0.2, 0) is 6.54 Å². The van der Waals surface area contributed by atoms with Gasteiger partial charge in [0.25, 0.3) is 0 Å². The second-order valence-corrected chi connectivity index (χ2v) is 6.23. The molecule has 0 radical (unpaired) electrons. The van der Waals surface area contributed by atoms with Crippen molar-refractivity contribution in [3.05, 3.63) is 29.6 Å². The van der Waals surface area contributed by atoms with E-state index in [0.717, 1.165) is 24.6 Å². The highest BCUT2D eigenvalue weighted by Gasteiger charge is 2.08. The van der Waals surface area contributed by atoms with Crippen LogP contribution in [0, 0.1) is 6.92 Å². The second-order valence-electron chi connectivity index (χ2n) is 6.23. The van der Waals surface area contributed by atoms with E-state index in [4.69, 9.17) is 0 Å². The van der Waals surface area contributed by atoms with E-state index in [-0.39, 0.29) is 24.0 Å². The predicted molar refractivity (Wildman–Crippen MR) is 112 cm³/mol. The summed E-state index contributed by atoms with van der Waals surface area (Å²) in [5.74, 6) is 0.853. The van der Waals surface area contributed by atoms with Gasteiger partial charge in [0, 0.05) is 19.8 Å². The van der Waals surface area contributed by atoms with Crippen LogP contribution in [0.3, 0.4) is 0 Å². The van der Waals surface area contributed by atoms with Crippen LogP contribution in [0.4, 0.5) is 0 Å². The summed E-state index contributed by atoms with van der Waals surface area (Å²) < 4.78 is 0. The van der Waals surface area contributed by atoms with Gasteiger partial charge in [0.1, 0.15) is 0 Å². The quantitative estimate of drug-likeness (QED) is 0.306. The SMILES string of the molecule is CN=C(NCCCN1CCCCCC1)NCc1ncccc1C.I. The predicted octanol–water partition coefficient (Wildman–Crippen LogP) is 2.94. The van der Waals surface area contributed by atoms with Crippen molar-refractivity contribution >= 4 is 29.9 Å². The van der Waals surface area contributed by atoms with E-state index in [1.165, 1.54) is 50.9 Å². The zero-order chi connectivity index (χ0) is 16.3. The highest BCUT2D eigenvalue weighted by atomic mass is 127. The van der Waals surface area contributed by atoms with Gasteiger partial charge >= 0.3 is 0 Å². The van der Waals surface area contributed by atoms with Gasteiger partial charge in [-0.3, -0.25) is 9.98 Å². The van der Waals surface area contributed by atoms with Crippen molar-refractivity contribution in [3.8, 4) is 0 Å². The molecule has 1 aromatic heterocycles. The van der Waals surface area contributed by atoms with Crippen molar-refractivity contribution in [2.75, 3.05) is 33.2 Å². The molecule has 1 aliphatic rings. The fraction of sp³-hybridized carbons (Fsp3) is 0.667. The van der Waals surface area contributed by atoms with Gasteiger partial charge in [-0.15, -0.1) is 24.0 Å². The van der Waals surface area contributed by atoms with Gasteiger partial charge in [0.15, 0.2) is 5.96 Å². The Morgan fingerprint density at radius 2 is 1.96 bits per heavy atom. The number of pyridine rings is 1. The molecule has 2 heterocycles. The summed E-state index contributed by atoms with van der Waals surface area (Å²) in [4.78, 5) is 11.3. The molecule has 0 aliphatic carbocycles. The first-order valence-corrected chi connectivity index (χ1v) is 8.87. The number of rotatable bonds is 6. The maximum Gasteiger partial charge on any atom is 0.191 e. The molecule has 0 saturated carbocycles. The molecule has 1 saturated heterocycles. The summed E-state index contributed by atoms with van der Waals surface area (Å²) >= 11 is 0. The highest BCUT2D eigenvalue weighted by Crippen LogP contribution is 2.09. The third-order valence-electron chi connectivity index (χ3n) is 4.41. The Morgan fingerprint density at radius 1 is 1.21 bits per heavy atom. The van der Waals surface area contributed by atoms with Crippen molar-refractivity contribution in [1.29, 1.82) is 0 Å². The second kappa shape index (κ2) is 12.5. The van der Waals surface area contributed by atoms with Crippen LogP contribution < -0.4 is 10.6 Å². The first kappa shape index (κ1) is 21.2. The van der Waals surface area contributed by atoms with Gasteiger partial charge in [-0.25, -0.2) is 0 Å². The molecule has 24 heavy (non-hydrogen) atoms. The molecule has 0 amide bonds. The van der Waals surface area contributed by atoms with Crippen LogP contribution in [0.15, 0.2) is 23.3 Å². The number of guanidine groups is 1. The Bertz CT molecular complexity index is 484. The van der Waals surface area contributed by atoms with E-state index in [9.17, 15) is 0 Å². The summed E-state index contributed by atoms with van der Waals surface area (Å²) in [6, 6.07) is 4.05. The normalized spacial score (nSPS) is 16.2. The Labute approximate surface area is 163 Å². The minimum absolute atomic E-state index is 0. The Balaban J connectivity index is 0.00000288. The van der Waals surface area contributed by atoms with Crippen molar-refractivity contribution in [2.45, 2.75) is 45.6 Å². The molecule has 136 valence electrons. The lowest BCUT2D eigenvalue weighted by Gasteiger charge is -2.20. The van der Waals surface area contributed by atoms with E-state index in [2.05, 4.69) is 38.5 Å². The molecule has 0 spiro atoms. The van der Waals surface area contributed by atoms with Crippen LogP contribution in [0.1, 0.15) is 43.4 Å². The molecule has 0 aromatic carbocycles. The summed E-state index contributed by atoms with van der Waals surface area (Å²) in [6.45, 7) is 7.47. The number of aryl methyl sites for hydroxylation is 1. The van der Waals surface area contributed by atoms with E-state index in [0.29, 0.717) is 6.54 Å². The summed E-state index contributed by atoms with van der Waals surface area (Å²) in [7, 11) is 1.81. The smallest absolute Gasteiger partial charge is 0.191 e. The van der Waals surface area contributed by atoms with Crippen LogP contribution in [-0.4, -0.2) is 49.1 Å². The van der Waals surface area contributed by atoms with Gasteiger partial charge in [-0.05, 0) is 57.5 Å². The largest absolute Gasteiger partial charge is 0.356 e. The van der Waals surface area contributed by atoms with Gasteiger partial charge in [0.2, 0.25) is 0 Å². The number of likely N-dealkylation sites (tertiary alicyclic amines) is 1. The summed E-state index contributed by atoms with van der Waals surface area (Å²) in [6.07, 6.45) is 8.52. The topological polar surface area (TPSA) is 52.6 Å². The number of nitrogens with one attached hydrogen (secondary N) is 2. The van der Waals surface area contributed by atoms with Crippen LogP contribution in [0.2, 0.25) is 0 Å². The number of hydrogen-bond donors (Lipinski definition) is 2. The molecule has 6 heteroatoms. The molecule has 2 N–H and O–H groups in total. The third-order valence-corrected chi connectivity index (χ3v) is 4.41. The molecule has 1 aliphatic heterocycles. The summed E-state index contributed by atoms with van der Waals surface area (Å²) in [5.41, 5.74) is 2.27. The molecule has 0 atom stereocenters. The molecular formula is C18H32IN5. The average Bonchev–Trinajstić information content (AvgIpc) is 2.84. The fourth-order valence-corrected chi connectivity index (χ4v) is 2.96. The number of aliphatic imine (C=N–C) groups is 1. The molecule has 5 nitrogen and oxygen atoms in total. The van der Waals surface area contributed by atoms with Gasteiger partial charge in [-0.2, -0.15) is 0 Å². The van der Waals surface area contributed by atoms with Crippen LogP contribution in [0.25, 0.3) is 0 Å². The number of aromatic nitrogens is 1. The zero-order valence-electron chi connectivity index (χ0n) is 15.1. The van der Waals surface area contributed by atoms with Crippen molar-refractivity contribution in [1.82, 2.24) is 20.5 Å². The van der Waals surface area contributed by atoms with Crippen LogP contribution in [0.5, 0.6) is 0 Å². The third kappa shape index (κ3) is 7.79. The molecule has 2 rings (SSSR count). The average molecular weight is 445 g/mol. The fourth-order valence-electron chi connectivity index (χ4n) is 2.96. The monoisotopic (exact) mass is 445 g/mol. The summed E-state index contributed by atoms with van der Waals surface area (Å²) in [5, 5.41) is 6.74. The minimum atomic E-state index is 0. The lowest BCUT2D eigenvalue weighted by molar-refractivity contribution is 0.282. The first-order chi connectivity index (χ1) is 11.3. The standard InChI is InChI=1S/C18H31N5.HI/c1-16-9-7-10-20-17(16)15-22-18(19-2)21-11-8-14-23-12-5-3-4-6-13-23;/h7,9-10H,3-6,8,11-15H2,1-2H3,(H2,19,21,22);1H. The Hall–Kier alpha value is -0.890. The number of hydrogen-bond acceptors (Lipinski definition) is 3. The zero-order valence-corrected chi connectivity index (χ0v) is 17.4. The molecule has 0 bridgehead atoms. The maximum atomic E-state index is 4.40.